The zero-order valence-electron chi connectivity index (χ0n) is 12.7. The summed E-state index contributed by atoms with van der Waals surface area (Å²) < 4.78 is 5.36. The van der Waals surface area contributed by atoms with Gasteiger partial charge in [-0.15, -0.1) is 0 Å². The van der Waals surface area contributed by atoms with Crippen LogP contribution in [0.4, 0.5) is 4.79 Å². The Morgan fingerprint density at radius 2 is 2.05 bits per heavy atom. The second-order valence-corrected chi connectivity index (χ2v) is 5.78. The summed E-state index contributed by atoms with van der Waals surface area (Å²) in [7, 11) is 0. The first-order chi connectivity index (χ1) is 10.3. The number of ether oxygens (including phenoxy) is 1. The van der Waals surface area contributed by atoms with Crippen molar-refractivity contribution >= 4 is 17.8 Å². The number of carboxylic acids is 1. The Labute approximate surface area is 128 Å². The molecule has 0 spiro atoms. The Hall–Kier alpha value is -2.63. The summed E-state index contributed by atoms with van der Waals surface area (Å²) in [4.78, 5) is 29.3. The molecule has 1 aliphatic rings. The van der Waals surface area contributed by atoms with E-state index in [0.29, 0.717) is 5.69 Å². The summed E-state index contributed by atoms with van der Waals surface area (Å²) >= 11 is 0. The van der Waals surface area contributed by atoms with Gasteiger partial charge in [0.05, 0.1) is 17.0 Å². The van der Waals surface area contributed by atoms with Crippen LogP contribution in [-0.4, -0.2) is 39.2 Å². The molecular formula is C16H18N2O4. The van der Waals surface area contributed by atoms with Gasteiger partial charge in [-0.05, 0) is 39.0 Å². The molecule has 0 fully saturated rings. The van der Waals surface area contributed by atoms with E-state index in [9.17, 15) is 14.7 Å². The number of amides is 1. The van der Waals surface area contributed by atoms with Crippen LogP contribution in [-0.2, 0) is 9.53 Å². The van der Waals surface area contributed by atoms with Gasteiger partial charge in [0, 0.05) is 12.7 Å². The van der Waals surface area contributed by atoms with Crippen molar-refractivity contribution in [3.8, 4) is 0 Å². The molecule has 0 atom stereocenters. The minimum Gasteiger partial charge on any atom is -0.478 e. The molecule has 0 aromatic carbocycles. The topological polar surface area (TPSA) is 79.7 Å². The van der Waals surface area contributed by atoms with Crippen molar-refractivity contribution in [1.29, 1.82) is 0 Å². The van der Waals surface area contributed by atoms with Gasteiger partial charge in [0.15, 0.2) is 0 Å². The number of hydrogen-bond donors (Lipinski definition) is 1. The van der Waals surface area contributed by atoms with E-state index in [-0.39, 0.29) is 17.8 Å². The van der Waals surface area contributed by atoms with Gasteiger partial charge in [-0.2, -0.15) is 0 Å². The Kier molecular flexibility index (Phi) is 4.30. The molecule has 116 valence electrons. The highest BCUT2D eigenvalue weighted by molar-refractivity contribution is 6.01. The number of carboxylic acid groups (broad SMARTS) is 1. The first kappa shape index (κ1) is 15.8. The largest absolute Gasteiger partial charge is 0.478 e. The average molecular weight is 302 g/mol. The first-order valence-electron chi connectivity index (χ1n) is 6.85. The third kappa shape index (κ3) is 3.52. The van der Waals surface area contributed by atoms with Crippen LogP contribution in [0.2, 0.25) is 0 Å². The highest BCUT2D eigenvalue weighted by atomic mass is 16.6. The molecule has 1 amide bonds. The molecule has 1 N–H and O–H groups in total. The molecule has 0 aliphatic carbocycles. The fourth-order valence-electron chi connectivity index (χ4n) is 2.03. The van der Waals surface area contributed by atoms with Gasteiger partial charge in [0.2, 0.25) is 0 Å². The molecule has 0 saturated heterocycles. The molecule has 2 heterocycles. The smallest absolute Gasteiger partial charge is 0.415 e. The summed E-state index contributed by atoms with van der Waals surface area (Å²) in [6.45, 7) is 5.50. The number of aliphatic carboxylic acids is 1. The van der Waals surface area contributed by atoms with Gasteiger partial charge in [0.25, 0.3) is 0 Å². The van der Waals surface area contributed by atoms with Gasteiger partial charge in [0.1, 0.15) is 5.60 Å². The number of hydrogen-bond acceptors (Lipinski definition) is 4. The van der Waals surface area contributed by atoms with Gasteiger partial charge >= 0.3 is 12.1 Å². The molecule has 2 rings (SSSR count). The highest BCUT2D eigenvalue weighted by Crippen LogP contribution is 2.27. The van der Waals surface area contributed by atoms with Gasteiger partial charge in [-0.25, -0.2) is 9.59 Å². The minimum atomic E-state index is -1.12. The SMILES string of the molecule is CC(C)(C)OC(=O)N1CC=CC(C(=O)O)=C1c1ccccn1. The molecule has 6 nitrogen and oxygen atoms in total. The predicted molar refractivity (Wildman–Crippen MR) is 80.9 cm³/mol. The molecule has 1 aliphatic heterocycles. The third-order valence-electron chi connectivity index (χ3n) is 2.85. The quantitative estimate of drug-likeness (QED) is 0.908. The van der Waals surface area contributed by atoms with Crippen LogP contribution in [0.25, 0.3) is 5.70 Å². The van der Waals surface area contributed by atoms with Gasteiger partial charge < -0.3 is 9.84 Å². The van der Waals surface area contributed by atoms with Crippen molar-refractivity contribution < 1.29 is 19.4 Å². The lowest BCUT2D eigenvalue weighted by Gasteiger charge is -2.30. The van der Waals surface area contributed by atoms with Gasteiger partial charge in [-0.3, -0.25) is 9.88 Å². The van der Waals surface area contributed by atoms with Crippen LogP contribution in [0.1, 0.15) is 26.5 Å². The lowest BCUT2D eigenvalue weighted by atomic mass is 10.1. The summed E-state index contributed by atoms with van der Waals surface area (Å²) in [6.07, 6.45) is 4.04. The number of nitrogens with zero attached hydrogens (tertiary/aromatic N) is 2. The van der Waals surface area contributed by atoms with E-state index in [4.69, 9.17) is 4.74 Å². The van der Waals surface area contributed by atoms with Crippen LogP contribution in [0.5, 0.6) is 0 Å². The monoisotopic (exact) mass is 302 g/mol. The summed E-state index contributed by atoms with van der Waals surface area (Å²) in [5, 5.41) is 9.39. The number of carbonyl (C=O) groups is 2. The lowest BCUT2D eigenvalue weighted by Crippen LogP contribution is -2.38. The van der Waals surface area contributed by atoms with Gasteiger partial charge in [-0.1, -0.05) is 12.1 Å². The third-order valence-corrected chi connectivity index (χ3v) is 2.85. The van der Waals surface area contributed by atoms with Crippen molar-refractivity contribution in [3.05, 3.63) is 47.8 Å². The minimum absolute atomic E-state index is 0.0100. The normalized spacial score (nSPS) is 15.0. The predicted octanol–water partition coefficient (Wildman–Crippen LogP) is 2.68. The summed E-state index contributed by atoms with van der Waals surface area (Å²) in [6, 6.07) is 5.12. The maximum Gasteiger partial charge on any atom is 0.415 e. The van der Waals surface area contributed by atoms with Crippen molar-refractivity contribution in [1.82, 2.24) is 9.88 Å². The highest BCUT2D eigenvalue weighted by Gasteiger charge is 2.30. The van der Waals surface area contributed by atoms with Crippen LogP contribution < -0.4 is 0 Å². The van der Waals surface area contributed by atoms with E-state index in [1.807, 2.05) is 0 Å². The van der Waals surface area contributed by atoms with E-state index >= 15 is 0 Å². The van der Waals surface area contributed by atoms with E-state index in [0.717, 1.165) is 0 Å². The van der Waals surface area contributed by atoms with Crippen LogP contribution in [0.15, 0.2) is 42.1 Å². The van der Waals surface area contributed by atoms with E-state index in [1.54, 1.807) is 51.2 Å². The molecule has 1 aromatic heterocycles. The average Bonchev–Trinajstić information content (AvgIpc) is 2.45. The van der Waals surface area contributed by atoms with Crippen LogP contribution in [0, 0.1) is 0 Å². The molecule has 0 unspecified atom stereocenters. The van der Waals surface area contributed by atoms with Crippen molar-refractivity contribution in [3.63, 3.8) is 0 Å². The second-order valence-electron chi connectivity index (χ2n) is 5.78. The Bertz CT molecular complexity index is 642. The van der Waals surface area contributed by atoms with Crippen molar-refractivity contribution in [2.75, 3.05) is 6.54 Å². The molecule has 6 heteroatoms. The number of carbonyl (C=O) groups excluding carboxylic acids is 1. The zero-order chi connectivity index (χ0) is 16.3. The summed E-state index contributed by atoms with van der Waals surface area (Å²) in [5.41, 5.74) is -0.00704. The maximum absolute atomic E-state index is 12.4. The Morgan fingerprint density at radius 3 is 2.59 bits per heavy atom. The molecular weight excluding hydrogens is 284 g/mol. The summed E-state index contributed by atoms with van der Waals surface area (Å²) in [5.74, 6) is -1.12. The standard InChI is InChI=1S/C16H18N2O4/c1-16(2,3)22-15(21)18-10-6-7-11(14(19)20)13(18)12-8-4-5-9-17-12/h4-9H,10H2,1-3H3,(H,19,20). The fraction of sp³-hybridized carbons (Fsp3) is 0.312. The van der Waals surface area contributed by atoms with Crippen molar-refractivity contribution in [2.45, 2.75) is 26.4 Å². The number of pyridine rings is 1. The number of aromatic nitrogens is 1. The zero-order valence-corrected chi connectivity index (χ0v) is 12.7. The molecule has 22 heavy (non-hydrogen) atoms. The molecule has 0 saturated carbocycles. The Balaban J connectivity index is 2.48. The first-order valence-corrected chi connectivity index (χ1v) is 6.85. The maximum atomic E-state index is 12.4. The molecule has 0 bridgehead atoms. The van der Waals surface area contributed by atoms with E-state index < -0.39 is 17.7 Å². The molecule has 0 radical (unpaired) electrons. The second kappa shape index (κ2) is 6.01. The lowest BCUT2D eigenvalue weighted by molar-refractivity contribution is -0.132. The molecule has 1 aromatic rings. The van der Waals surface area contributed by atoms with Crippen LogP contribution >= 0.6 is 0 Å². The van der Waals surface area contributed by atoms with Crippen LogP contribution in [0.3, 0.4) is 0 Å². The Morgan fingerprint density at radius 1 is 1.32 bits per heavy atom. The van der Waals surface area contributed by atoms with E-state index in [1.165, 1.54) is 11.0 Å². The number of rotatable bonds is 2. The van der Waals surface area contributed by atoms with Crippen molar-refractivity contribution in [2.24, 2.45) is 0 Å². The fourth-order valence-corrected chi connectivity index (χ4v) is 2.03. The van der Waals surface area contributed by atoms with E-state index in [2.05, 4.69) is 4.98 Å².